The van der Waals surface area contributed by atoms with E-state index in [1.807, 2.05) is 13.8 Å². The molecule has 0 aliphatic carbocycles. The van der Waals surface area contributed by atoms with Crippen LogP contribution in [-0.4, -0.2) is 24.2 Å². The maximum atomic E-state index is 12.6. The van der Waals surface area contributed by atoms with Crippen molar-refractivity contribution in [3.05, 3.63) is 35.4 Å². The van der Waals surface area contributed by atoms with Crippen molar-refractivity contribution in [2.45, 2.75) is 39.3 Å². The number of hydrogen-bond donors (Lipinski definition) is 2. The van der Waals surface area contributed by atoms with Gasteiger partial charge < -0.3 is 10.4 Å². The molecule has 124 valence electrons. The standard InChI is InChI=1S/C16H22F3NO2/c1-3-15(4-2,11-21)10-20-14(22)9-12-6-5-7-13(8-12)16(17,18)19/h5-8,21H,3-4,9-11H2,1-2H3,(H,20,22). The lowest BCUT2D eigenvalue weighted by molar-refractivity contribution is -0.137. The van der Waals surface area contributed by atoms with Gasteiger partial charge >= 0.3 is 6.18 Å². The molecule has 0 heterocycles. The van der Waals surface area contributed by atoms with Gasteiger partial charge in [0.25, 0.3) is 0 Å². The van der Waals surface area contributed by atoms with E-state index in [1.165, 1.54) is 12.1 Å². The average Bonchev–Trinajstić information content (AvgIpc) is 2.49. The monoisotopic (exact) mass is 317 g/mol. The smallest absolute Gasteiger partial charge is 0.396 e. The summed E-state index contributed by atoms with van der Waals surface area (Å²) in [5, 5.41) is 12.1. The molecule has 0 aromatic heterocycles. The predicted molar refractivity (Wildman–Crippen MR) is 78.3 cm³/mol. The van der Waals surface area contributed by atoms with E-state index < -0.39 is 11.7 Å². The van der Waals surface area contributed by atoms with Crippen LogP contribution >= 0.6 is 0 Å². The fraction of sp³-hybridized carbons (Fsp3) is 0.562. The highest BCUT2D eigenvalue weighted by Crippen LogP contribution is 2.29. The molecule has 3 nitrogen and oxygen atoms in total. The van der Waals surface area contributed by atoms with Crippen molar-refractivity contribution in [1.82, 2.24) is 5.32 Å². The Bertz CT molecular complexity index is 488. The van der Waals surface area contributed by atoms with Gasteiger partial charge in [-0.15, -0.1) is 0 Å². The van der Waals surface area contributed by atoms with Crippen LogP contribution in [-0.2, 0) is 17.4 Å². The molecule has 6 heteroatoms. The zero-order valence-electron chi connectivity index (χ0n) is 12.8. The number of alkyl halides is 3. The molecule has 0 saturated carbocycles. The molecule has 1 amide bonds. The minimum Gasteiger partial charge on any atom is -0.396 e. The van der Waals surface area contributed by atoms with E-state index in [1.54, 1.807) is 0 Å². The van der Waals surface area contributed by atoms with E-state index in [9.17, 15) is 23.1 Å². The van der Waals surface area contributed by atoms with Crippen LogP contribution in [0.5, 0.6) is 0 Å². The fourth-order valence-corrected chi connectivity index (χ4v) is 2.17. The first-order chi connectivity index (χ1) is 10.3. The summed E-state index contributed by atoms with van der Waals surface area (Å²) in [5.74, 6) is -0.348. The summed E-state index contributed by atoms with van der Waals surface area (Å²) < 4.78 is 37.9. The normalized spacial score (nSPS) is 12.3. The Morgan fingerprint density at radius 2 is 1.86 bits per heavy atom. The lowest BCUT2D eigenvalue weighted by Gasteiger charge is -2.29. The minimum absolute atomic E-state index is 0.0379. The van der Waals surface area contributed by atoms with E-state index in [-0.39, 0.29) is 24.3 Å². The van der Waals surface area contributed by atoms with Crippen LogP contribution in [0.3, 0.4) is 0 Å². The van der Waals surface area contributed by atoms with Crippen LogP contribution < -0.4 is 5.32 Å². The van der Waals surface area contributed by atoms with Gasteiger partial charge in [-0.3, -0.25) is 4.79 Å². The maximum absolute atomic E-state index is 12.6. The molecule has 22 heavy (non-hydrogen) atoms. The number of aliphatic hydroxyl groups excluding tert-OH is 1. The lowest BCUT2D eigenvalue weighted by atomic mass is 9.83. The first kappa shape index (κ1) is 18.5. The molecule has 0 saturated heterocycles. The van der Waals surface area contributed by atoms with Crippen molar-refractivity contribution in [1.29, 1.82) is 0 Å². The summed E-state index contributed by atoms with van der Waals surface area (Å²) in [6, 6.07) is 4.75. The van der Waals surface area contributed by atoms with Gasteiger partial charge in [-0.25, -0.2) is 0 Å². The summed E-state index contributed by atoms with van der Waals surface area (Å²) in [6.45, 7) is 4.13. The quantitative estimate of drug-likeness (QED) is 0.811. The summed E-state index contributed by atoms with van der Waals surface area (Å²) in [5.41, 5.74) is -0.816. The Labute approximate surface area is 128 Å². The van der Waals surface area contributed by atoms with Crippen LogP contribution in [0.2, 0.25) is 0 Å². The van der Waals surface area contributed by atoms with Crippen molar-refractivity contribution < 1.29 is 23.1 Å². The van der Waals surface area contributed by atoms with E-state index in [0.717, 1.165) is 12.1 Å². The number of carbonyl (C=O) groups is 1. The average molecular weight is 317 g/mol. The molecule has 0 aliphatic heterocycles. The summed E-state index contributed by atoms with van der Waals surface area (Å²) in [7, 11) is 0. The highest BCUT2D eigenvalue weighted by atomic mass is 19.4. The molecule has 1 aromatic carbocycles. The fourth-order valence-electron chi connectivity index (χ4n) is 2.17. The van der Waals surface area contributed by atoms with Gasteiger partial charge in [-0.2, -0.15) is 13.2 Å². The van der Waals surface area contributed by atoms with Crippen molar-refractivity contribution in [2.24, 2.45) is 5.41 Å². The third-order valence-electron chi connectivity index (χ3n) is 4.11. The van der Waals surface area contributed by atoms with E-state index in [2.05, 4.69) is 5.32 Å². The Morgan fingerprint density at radius 1 is 1.23 bits per heavy atom. The second kappa shape index (κ2) is 7.63. The number of amides is 1. The second-order valence-corrected chi connectivity index (χ2v) is 5.52. The molecule has 1 rings (SSSR count). The summed E-state index contributed by atoms with van der Waals surface area (Å²) >= 11 is 0. The summed E-state index contributed by atoms with van der Waals surface area (Å²) in [4.78, 5) is 11.9. The van der Waals surface area contributed by atoms with E-state index in [4.69, 9.17) is 0 Å². The third-order valence-corrected chi connectivity index (χ3v) is 4.11. The van der Waals surface area contributed by atoms with Gasteiger partial charge in [0.1, 0.15) is 0 Å². The Kier molecular flexibility index (Phi) is 6.41. The van der Waals surface area contributed by atoms with Crippen LogP contribution in [0, 0.1) is 5.41 Å². The predicted octanol–water partition coefficient (Wildman–Crippen LogP) is 3.16. The zero-order valence-corrected chi connectivity index (χ0v) is 12.8. The number of hydrogen-bond acceptors (Lipinski definition) is 2. The van der Waals surface area contributed by atoms with E-state index in [0.29, 0.717) is 24.9 Å². The van der Waals surface area contributed by atoms with Crippen LogP contribution in [0.25, 0.3) is 0 Å². The van der Waals surface area contributed by atoms with Crippen LogP contribution in [0.1, 0.15) is 37.8 Å². The zero-order chi connectivity index (χ0) is 16.8. The number of halogens is 3. The minimum atomic E-state index is -4.41. The Hall–Kier alpha value is -1.56. The van der Waals surface area contributed by atoms with Crippen molar-refractivity contribution >= 4 is 5.91 Å². The number of rotatable bonds is 7. The molecule has 0 bridgehead atoms. The molecular formula is C16H22F3NO2. The highest BCUT2D eigenvalue weighted by molar-refractivity contribution is 5.78. The molecule has 0 spiro atoms. The van der Waals surface area contributed by atoms with Gasteiger partial charge in [0.15, 0.2) is 0 Å². The van der Waals surface area contributed by atoms with Crippen LogP contribution in [0.15, 0.2) is 24.3 Å². The van der Waals surface area contributed by atoms with Crippen molar-refractivity contribution in [3.8, 4) is 0 Å². The third kappa shape index (κ3) is 5.02. The molecule has 0 atom stereocenters. The highest BCUT2D eigenvalue weighted by Gasteiger charge is 2.30. The Morgan fingerprint density at radius 3 is 2.36 bits per heavy atom. The summed E-state index contributed by atoms with van der Waals surface area (Å²) in [6.07, 6.45) is -3.10. The van der Waals surface area contributed by atoms with Crippen LogP contribution in [0.4, 0.5) is 13.2 Å². The first-order valence-electron chi connectivity index (χ1n) is 7.30. The van der Waals surface area contributed by atoms with E-state index >= 15 is 0 Å². The molecular weight excluding hydrogens is 295 g/mol. The number of aliphatic hydroxyl groups is 1. The second-order valence-electron chi connectivity index (χ2n) is 5.52. The molecule has 2 N–H and O–H groups in total. The van der Waals surface area contributed by atoms with Gasteiger partial charge in [0.2, 0.25) is 5.91 Å². The SMILES string of the molecule is CCC(CC)(CO)CNC(=O)Cc1cccc(C(F)(F)F)c1. The van der Waals surface area contributed by atoms with Crippen molar-refractivity contribution in [2.75, 3.05) is 13.2 Å². The Balaban J connectivity index is 2.66. The number of carbonyl (C=O) groups excluding carboxylic acids is 1. The van der Waals surface area contributed by atoms with Gasteiger partial charge in [-0.1, -0.05) is 32.0 Å². The topological polar surface area (TPSA) is 49.3 Å². The molecule has 0 aliphatic rings. The van der Waals surface area contributed by atoms with Gasteiger partial charge in [0.05, 0.1) is 18.6 Å². The molecule has 1 aromatic rings. The largest absolute Gasteiger partial charge is 0.416 e. The number of benzene rings is 1. The lowest BCUT2D eigenvalue weighted by Crippen LogP contribution is -2.40. The van der Waals surface area contributed by atoms with Gasteiger partial charge in [0, 0.05) is 12.0 Å². The molecule has 0 unspecified atom stereocenters. The maximum Gasteiger partial charge on any atom is 0.416 e. The molecule has 0 radical (unpaired) electrons. The molecule has 0 fully saturated rings. The van der Waals surface area contributed by atoms with Gasteiger partial charge in [-0.05, 0) is 24.5 Å². The first-order valence-corrected chi connectivity index (χ1v) is 7.30. The number of nitrogens with one attached hydrogen (secondary N) is 1. The van der Waals surface area contributed by atoms with Crippen molar-refractivity contribution in [3.63, 3.8) is 0 Å².